The number of benzene rings is 1. The molecule has 0 N–H and O–H groups in total. The molecule has 0 saturated carbocycles. The van der Waals surface area contributed by atoms with E-state index in [1.165, 1.54) is 83.5 Å². The first kappa shape index (κ1) is 33.2. The second kappa shape index (κ2) is 20.2. The molecule has 1 unspecified atom stereocenters. The van der Waals surface area contributed by atoms with Crippen LogP contribution in [0.15, 0.2) is 24.3 Å². The molecule has 0 amide bonds. The van der Waals surface area contributed by atoms with E-state index in [4.69, 9.17) is 9.47 Å². The van der Waals surface area contributed by atoms with E-state index < -0.39 is 11.9 Å². The Kier molecular flexibility index (Phi) is 18.1. The Morgan fingerprint density at radius 3 is 1.51 bits per heavy atom. The SMILES string of the molecule is CCCCCCCCCCCCCCCCCOC(=O)c1ccccc1C(=O)OCC(C)CC(C)(C)C. The predicted molar refractivity (Wildman–Crippen MR) is 155 cm³/mol. The quantitative estimate of drug-likeness (QED) is 0.120. The number of carbonyl (C=O) groups is 2. The first-order valence-electron chi connectivity index (χ1n) is 15.2. The zero-order chi connectivity index (χ0) is 27.4. The van der Waals surface area contributed by atoms with Gasteiger partial charge in [-0.1, -0.05) is 137 Å². The van der Waals surface area contributed by atoms with Crippen molar-refractivity contribution < 1.29 is 19.1 Å². The van der Waals surface area contributed by atoms with Gasteiger partial charge in [0, 0.05) is 0 Å². The Bertz CT molecular complexity index is 734. The van der Waals surface area contributed by atoms with Crippen molar-refractivity contribution in [2.24, 2.45) is 11.3 Å². The minimum atomic E-state index is -0.458. The number of ether oxygens (including phenoxy) is 2. The molecule has 0 radical (unpaired) electrons. The van der Waals surface area contributed by atoms with Gasteiger partial charge in [-0.2, -0.15) is 0 Å². The maximum Gasteiger partial charge on any atom is 0.339 e. The van der Waals surface area contributed by atoms with Gasteiger partial charge in [0.15, 0.2) is 0 Å². The lowest BCUT2D eigenvalue weighted by atomic mass is 9.86. The fraction of sp³-hybridized carbons (Fsp3) is 0.758. The van der Waals surface area contributed by atoms with E-state index in [-0.39, 0.29) is 22.5 Å². The Hall–Kier alpha value is -1.84. The van der Waals surface area contributed by atoms with Crippen molar-refractivity contribution in [2.45, 2.75) is 137 Å². The molecule has 4 nitrogen and oxygen atoms in total. The number of hydrogen-bond acceptors (Lipinski definition) is 4. The number of rotatable bonds is 21. The summed E-state index contributed by atoms with van der Waals surface area (Å²) in [7, 11) is 0. The van der Waals surface area contributed by atoms with Crippen LogP contribution < -0.4 is 0 Å². The Balaban J connectivity index is 2.15. The van der Waals surface area contributed by atoms with E-state index in [0.717, 1.165) is 19.3 Å². The number of unbranched alkanes of at least 4 members (excludes halogenated alkanes) is 14. The van der Waals surface area contributed by atoms with Crippen molar-refractivity contribution in [3.05, 3.63) is 35.4 Å². The molecule has 212 valence electrons. The minimum absolute atomic E-state index is 0.181. The highest BCUT2D eigenvalue weighted by Gasteiger charge is 2.21. The van der Waals surface area contributed by atoms with Gasteiger partial charge in [-0.15, -0.1) is 0 Å². The maximum atomic E-state index is 12.6. The highest BCUT2D eigenvalue weighted by atomic mass is 16.5. The Morgan fingerprint density at radius 1 is 0.676 bits per heavy atom. The fourth-order valence-corrected chi connectivity index (χ4v) is 4.96. The van der Waals surface area contributed by atoms with Gasteiger partial charge in [-0.05, 0) is 36.3 Å². The van der Waals surface area contributed by atoms with Crippen molar-refractivity contribution in [3.63, 3.8) is 0 Å². The summed E-state index contributed by atoms with van der Waals surface area (Å²) in [4.78, 5) is 25.2. The third-order valence-electron chi connectivity index (χ3n) is 6.81. The third-order valence-corrected chi connectivity index (χ3v) is 6.81. The van der Waals surface area contributed by atoms with E-state index in [1.807, 2.05) is 0 Å². The van der Waals surface area contributed by atoms with Crippen LogP contribution in [-0.4, -0.2) is 25.2 Å². The van der Waals surface area contributed by atoms with Crippen LogP contribution in [0.4, 0.5) is 0 Å². The van der Waals surface area contributed by atoms with Crippen molar-refractivity contribution in [3.8, 4) is 0 Å². The molecule has 0 aliphatic carbocycles. The summed E-state index contributed by atoms with van der Waals surface area (Å²) >= 11 is 0. The van der Waals surface area contributed by atoms with E-state index in [0.29, 0.717) is 13.2 Å². The first-order chi connectivity index (χ1) is 17.7. The summed E-state index contributed by atoms with van der Waals surface area (Å²) < 4.78 is 11.0. The second-order valence-electron chi connectivity index (χ2n) is 12.1. The lowest BCUT2D eigenvalue weighted by Gasteiger charge is -2.23. The van der Waals surface area contributed by atoms with Crippen LogP contribution >= 0.6 is 0 Å². The molecule has 0 fully saturated rings. The van der Waals surface area contributed by atoms with Gasteiger partial charge in [0.2, 0.25) is 0 Å². The lowest BCUT2D eigenvalue weighted by Crippen LogP contribution is -2.19. The monoisotopic (exact) mass is 516 g/mol. The molecule has 0 spiro atoms. The molecule has 1 rings (SSSR count). The molecule has 1 aromatic carbocycles. The van der Waals surface area contributed by atoms with Crippen molar-refractivity contribution in [1.82, 2.24) is 0 Å². The number of hydrogen-bond donors (Lipinski definition) is 0. The van der Waals surface area contributed by atoms with Gasteiger partial charge >= 0.3 is 11.9 Å². The largest absolute Gasteiger partial charge is 0.462 e. The molecule has 4 heteroatoms. The molecule has 0 aromatic heterocycles. The van der Waals surface area contributed by atoms with Crippen LogP contribution in [0.25, 0.3) is 0 Å². The molecule has 0 heterocycles. The Labute approximate surface area is 228 Å². The van der Waals surface area contributed by atoms with Crippen LogP contribution in [0, 0.1) is 11.3 Å². The zero-order valence-corrected chi connectivity index (χ0v) is 24.7. The third kappa shape index (κ3) is 17.3. The zero-order valence-electron chi connectivity index (χ0n) is 24.7. The van der Waals surface area contributed by atoms with Gasteiger partial charge in [-0.3, -0.25) is 0 Å². The number of carbonyl (C=O) groups excluding carboxylic acids is 2. The van der Waals surface area contributed by atoms with Crippen molar-refractivity contribution >= 4 is 11.9 Å². The second-order valence-corrected chi connectivity index (χ2v) is 12.1. The van der Waals surface area contributed by atoms with E-state index in [1.54, 1.807) is 24.3 Å². The van der Waals surface area contributed by atoms with Gasteiger partial charge in [0.1, 0.15) is 0 Å². The molecule has 37 heavy (non-hydrogen) atoms. The molecule has 0 saturated heterocycles. The molecular weight excluding hydrogens is 460 g/mol. The molecule has 0 aliphatic rings. The summed E-state index contributed by atoms with van der Waals surface area (Å²) in [6, 6.07) is 6.79. The minimum Gasteiger partial charge on any atom is -0.462 e. The fourth-order valence-electron chi connectivity index (χ4n) is 4.96. The standard InChI is InChI=1S/C33H56O4/c1-6-7-8-9-10-11-12-13-14-15-16-17-18-19-22-25-36-31(34)29-23-20-21-24-30(29)32(35)37-27-28(2)26-33(3,4)5/h20-21,23-24,28H,6-19,22,25-27H2,1-5H3. The summed E-state index contributed by atoms with van der Waals surface area (Å²) in [6.07, 6.45) is 20.5. The summed E-state index contributed by atoms with van der Waals surface area (Å²) in [5.41, 5.74) is 0.754. The van der Waals surface area contributed by atoms with E-state index in [9.17, 15) is 9.59 Å². The summed E-state index contributed by atoms with van der Waals surface area (Å²) in [5, 5.41) is 0. The van der Waals surface area contributed by atoms with Crippen LogP contribution in [0.2, 0.25) is 0 Å². The maximum absolute atomic E-state index is 12.6. The van der Waals surface area contributed by atoms with Gasteiger partial charge in [0.05, 0.1) is 24.3 Å². The summed E-state index contributed by atoms with van der Waals surface area (Å²) in [6.45, 7) is 11.6. The number of esters is 2. The van der Waals surface area contributed by atoms with Gasteiger partial charge < -0.3 is 9.47 Å². The Morgan fingerprint density at radius 2 is 1.08 bits per heavy atom. The molecule has 0 bridgehead atoms. The van der Waals surface area contributed by atoms with E-state index >= 15 is 0 Å². The highest BCUT2D eigenvalue weighted by molar-refractivity contribution is 6.03. The molecule has 1 aromatic rings. The van der Waals surface area contributed by atoms with Crippen molar-refractivity contribution in [1.29, 1.82) is 0 Å². The van der Waals surface area contributed by atoms with Crippen LogP contribution in [0.1, 0.15) is 158 Å². The molecule has 1 atom stereocenters. The van der Waals surface area contributed by atoms with Crippen LogP contribution in [0.5, 0.6) is 0 Å². The molecule has 0 aliphatic heterocycles. The lowest BCUT2D eigenvalue weighted by molar-refractivity contribution is 0.0399. The summed E-state index contributed by atoms with van der Waals surface area (Å²) in [5.74, 6) is -0.644. The normalized spacial score (nSPS) is 12.4. The topological polar surface area (TPSA) is 52.6 Å². The predicted octanol–water partition coefficient (Wildman–Crippen LogP) is 9.94. The molecular formula is C33H56O4. The van der Waals surface area contributed by atoms with Crippen LogP contribution in [0.3, 0.4) is 0 Å². The smallest absolute Gasteiger partial charge is 0.339 e. The highest BCUT2D eigenvalue weighted by Crippen LogP contribution is 2.24. The average molecular weight is 517 g/mol. The van der Waals surface area contributed by atoms with Gasteiger partial charge in [-0.25, -0.2) is 9.59 Å². The van der Waals surface area contributed by atoms with Crippen molar-refractivity contribution in [2.75, 3.05) is 13.2 Å². The van der Waals surface area contributed by atoms with Gasteiger partial charge in [0.25, 0.3) is 0 Å². The van der Waals surface area contributed by atoms with E-state index in [2.05, 4.69) is 34.6 Å². The average Bonchev–Trinajstić information content (AvgIpc) is 2.86. The van der Waals surface area contributed by atoms with Crippen LogP contribution in [-0.2, 0) is 9.47 Å². The first-order valence-corrected chi connectivity index (χ1v) is 15.2.